The van der Waals surface area contributed by atoms with Crippen molar-refractivity contribution in [3.05, 3.63) is 114 Å². The number of nitrogens with zero attached hydrogens (tertiary/aromatic N) is 3. The number of hydrogen-bond donors (Lipinski definition) is 1. The molecule has 0 aliphatic carbocycles. The van der Waals surface area contributed by atoms with Crippen LogP contribution in [0.3, 0.4) is 0 Å². The molecule has 0 spiro atoms. The number of oxazole rings is 1. The number of fused-ring (bicyclic) bond motifs is 2. The minimum absolute atomic E-state index is 0. The van der Waals surface area contributed by atoms with Gasteiger partial charge < -0.3 is 19.2 Å². The van der Waals surface area contributed by atoms with E-state index in [4.69, 9.17) is 4.42 Å². The van der Waals surface area contributed by atoms with E-state index in [9.17, 15) is 9.59 Å². The van der Waals surface area contributed by atoms with Gasteiger partial charge in [-0.15, -0.1) is 11.8 Å². The number of carbonyl (C=O) groups is 2. The lowest BCUT2D eigenvalue weighted by Gasteiger charge is -2.21. The molecule has 3 aromatic carbocycles. The molecular weight excluding hydrogens is 508 g/mol. The van der Waals surface area contributed by atoms with Crippen LogP contribution in [-0.4, -0.2) is 40.2 Å². The third-order valence-corrected chi connectivity index (χ3v) is 7.86. The zero-order chi connectivity index (χ0) is 26.1. The standard InChI is InChI=1S/C30H26N4O3S.CH4/c1-33-25-15-22-12-13-34(18-21-10-6-3-7-11-21)24(22)16-27(25)38-19-23(30(33)36)32-29(35)26-17-31-28(37-26)14-20-8-4-2-5-9-20;/h2-13,15-17,23H,14,18-19H2,1H3,(H,32,35);1H4/t23-;/m0./s1. The van der Waals surface area contributed by atoms with Crippen molar-refractivity contribution < 1.29 is 14.0 Å². The Morgan fingerprint density at radius 1 is 1.05 bits per heavy atom. The lowest BCUT2D eigenvalue weighted by atomic mass is 10.2. The van der Waals surface area contributed by atoms with Gasteiger partial charge in [-0.3, -0.25) is 9.59 Å². The summed E-state index contributed by atoms with van der Waals surface area (Å²) in [7, 11) is 1.76. The highest BCUT2D eigenvalue weighted by Crippen LogP contribution is 2.37. The minimum Gasteiger partial charge on any atom is -0.435 e. The first-order chi connectivity index (χ1) is 18.5. The van der Waals surface area contributed by atoms with Crippen molar-refractivity contribution >= 4 is 40.2 Å². The van der Waals surface area contributed by atoms with Crippen LogP contribution in [-0.2, 0) is 17.8 Å². The lowest BCUT2D eigenvalue weighted by Crippen LogP contribution is -2.48. The van der Waals surface area contributed by atoms with Gasteiger partial charge in [0.1, 0.15) is 6.04 Å². The Morgan fingerprint density at radius 2 is 1.77 bits per heavy atom. The summed E-state index contributed by atoms with van der Waals surface area (Å²) in [5.74, 6) is 0.345. The smallest absolute Gasteiger partial charge is 0.289 e. The number of carbonyl (C=O) groups excluding carboxylic acids is 2. The van der Waals surface area contributed by atoms with E-state index in [-0.39, 0.29) is 19.1 Å². The number of amides is 2. The average molecular weight is 539 g/mol. The summed E-state index contributed by atoms with van der Waals surface area (Å²) in [6, 6.07) is 25.7. The van der Waals surface area contributed by atoms with Gasteiger partial charge in [0, 0.05) is 47.8 Å². The highest BCUT2D eigenvalue weighted by atomic mass is 32.2. The maximum absolute atomic E-state index is 13.4. The summed E-state index contributed by atoms with van der Waals surface area (Å²) in [5.41, 5.74) is 4.21. The molecule has 1 aliphatic heterocycles. The van der Waals surface area contributed by atoms with E-state index in [0.717, 1.165) is 33.6 Å². The number of anilines is 1. The van der Waals surface area contributed by atoms with Gasteiger partial charge in [-0.2, -0.15) is 0 Å². The molecule has 6 rings (SSSR count). The highest BCUT2D eigenvalue weighted by molar-refractivity contribution is 7.99. The highest BCUT2D eigenvalue weighted by Gasteiger charge is 2.31. The summed E-state index contributed by atoms with van der Waals surface area (Å²) < 4.78 is 7.91. The first-order valence-corrected chi connectivity index (χ1v) is 13.4. The molecule has 0 bridgehead atoms. The molecule has 0 fully saturated rings. The average Bonchev–Trinajstić information content (AvgIpc) is 3.55. The Labute approximate surface area is 231 Å². The summed E-state index contributed by atoms with van der Waals surface area (Å²) in [6.07, 6.45) is 3.99. The number of rotatable bonds is 6. The quantitative estimate of drug-likeness (QED) is 0.297. The zero-order valence-electron chi connectivity index (χ0n) is 20.8. The van der Waals surface area contributed by atoms with Crippen molar-refractivity contribution in [3.8, 4) is 0 Å². The largest absolute Gasteiger partial charge is 0.435 e. The fourth-order valence-corrected chi connectivity index (χ4v) is 5.81. The SMILES string of the molecule is C.CN1C(=O)[C@@H](NC(=O)c2cnc(Cc3ccccc3)o2)CSc2cc3c(ccn3Cc3ccccc3)cc21. The van der Waals surface area contributed by atoms with Gasteiger partial charge in [0.25, 0.3) is 5.91 Å². The number of thioether (sulfide) groups is 1. The molecule has 0 unspecified atom stereocenters. The van der Waals surface area contributed by atoms with Crippen molar-refractivity contribution in [3.63, 3.8) is 0 Å². The van der Waals surface area contributed by atoms with Crippen LogP contribution in [0.15, 0.2) is 101 Å². The van der Waals surface area contributed by atoms with E-state index in [1.165, 1.54) is 11.8 Å². The van der Waals surface area contributed by atoms with Crippen LogP contribution in [0, 0.1) is 0 Å². The molecule has 5 aromatic rings. The van der Waals surface area contributed by atoms with Gasteiger partial charge in [-0.25, -0.2) is 4.98 Å². The molecule has 7 nitrogen and oxygen atoms in total. The summed E-state index contributed by atoms with van der Waals surface area (Å²) in [4.78, 5) is 33.2. The summed E-state index contributed by atoms with van der Waals surface area (Å²) >= 11 is 1.57. The number of nitrogens with one attached hydrogen (secondary N) is 1. The van der Waals surface area contributed by atoms with Crippen LogP contribution in [0.4, 0.5) is 5.69 Å². The second-order valence-corrected chi connectivity index (χ2v) is 10.4. The number of hydrogen-bond acceptors (Lipinski definition) is 5. The van der Waals surface area contributed by atoms with Crippen molar-refractivity contribution in [1.29, 1.82) is 0 Å². The summed E-state index contributed by atoms with van der Waals surface area (Å²) in [5, 5.41) is 3.92. The van der Waals surface area contributed by atoms with Gasteiger partial charge >= 0.3 is 0 Å². The van der Waals surface area contributed by atoms with Crippen LogP contribution >= 0.6 is 11.8 Å². The van der Waals surface area contributed by atoms with Crippen LogP contribution in [0.2, 0.25) is 0 Å². The molecule has 1 atom stereocenters. The van der Waals surface area contributed by atoms with E-state index in [1.807, 2.05) is 54.6 Å². The topological polar surface area (TPSA) is 80.4 Å². The predicted molar refractivity (Wildman–Crippen MR) is 155 cm³/mol. The lowest BCUT2D eigenvalue weighted by molar-refractivity contribution is -0.119. The minimum atomic E-state index is -0.696. The molecule has 3 heterocycles. The molecule has 0 saturated carbocycles. The molecular formula is C31H30N4O3S. The van der Waals surface area contributed by atoms with E-state index < -0.39 is 11.9 Å². The van der Waals surface area contributed by atoms with E-state index in [0.29, 0.717) is 18.1 Å². The molecule has 8 heteroatoms. The summed E-state index contributed by atoms with van der Waals surface area (Å²) in [6.45, 7) is 0.769. The first kappa shape index (κ1) is 26.3. The Balaban J connectivity index is 0.00000308. The van der Waals surface area contributed by atoms with Gasteiger partial charge in [0.2, 0.25) is 11.7 Å². The van der Waals surface area contributed by atoms with Gasteiger partial charge in [0.15, 0.2) is 5.89 Å². The molecule has 198 valence electrons. The van der Waals surface area contributed by atoms with E-state index in [1.54, 1.807) is 23.7 Å². The van der Waals surface area contributed by atoms with E-state index in [2.05, 4.69) is 45.3 Å². The fourth-order valence-electron chi connectivity index (χ4n) is 4.70. The van der Waals surface area contributed by atoms with Crippen molar-refractivity contribution in [1.82, 2.24) is 14.9 Å². The predicted octanol–water partition coefficient (Wildman–Crippen LogP) is 5.77. The molecule has 0 saturated heterocycles. The van der Waals surface area contributed by atoms with Crippen LogP contribution in [0.25, 0.3) is 10.9 Å². The molecule has 1 aliphatic rings. The first-order valence-electron chi connectivity index (χ1n) is 12.4. The Kier molecular flexibility index (Phi) is 7.56. The third kappa shape index (κ3) is 5.47. The maximum Gasteiger partial charge on any atom is 0.289 e. The monoisotopic (exact) mass is 538 g/mol. The molecule has 0 radical (unpaired) electrons. The Hall–Kier alpha value is -4.30. The third-order valence-electron chi connectivity index (χ3n) is 6.72. The Bertz CT molecular complexity index is 1610. The van der Waals surface area contributed by atoms with Crippen LogP contribution in [0.5, 0.6) is 0 Å². The van der Waals surface area contributed by atoms with Crippen molar-refractivity contribution in [2.24, 2.45) is 0 Å². The second kappa shape index (κ2) is 11.2. The number of likely N-dealkylation sites (N-methyl/N-ethyl adjacent to an activating group) is 1. The van der Waals surface area contributed by atoms with Gasteiger partial charge in [-0.1, -0.05) is 68.1 Å². The van der Waals surface area contributed by atoms with Gasteiger partial charge in [0.05, 0.1) is 11.9 Å². The molecule has 2 aromatic heterocycles. The van der Waals surface area contributed by atoms with Gasteiger partial charge in [-0.05, 0) is 29.3 Å². The Morgan fingerprint density at radius 3 is 2.51 bits per heavy atom. The van der Waals surface area contributed by atoms with Crippen LogP contribution in [0.1, 0.15) is 35.0 Å². The maximum atomic E-state index is 13.4. The number of benzene rings is 3. The molecule has 39 heavy (non-hydrogen) atoms. The zero-order valence-corrected chi connectivity index (χ0v) is 21.7. The van der Waals surface area contributed by atoms with Crippen molar-refractivity contribution in [2.45, 2.75) is 31.3 Å². The molecule has 2 amide bonds. The normalized spacial score (nSPS) is 14.9. The molecule has 1 N–H and O–H groups in total. The second-order valence-electron chi connectivity index (χ2n) is 9.32. The fraction of sp³-hybridized carbons (Fsp3) is 0.194. The van der Waals surface area contributed by atoms with Crippen molar-refractivity contribution in [2.75, 3.05) is 17.7 Å². The van der Waals surface area contributed by atoms with Crippen LogP contribution < -0.4 is 10.2 Å². The number of aromatic nitrogens is 2. The van der Waals surface area contributed by atoms with E-state index >= 15 is 0 Å².